The van der Waals surface area contributed by atoms with Gasteiger partial charge in [0, 0.05) is 5.56 Å². The molecule has 0 spiro atoms. The first-order chi connectivity index (χ1) is 9.19. The summed E-state index contributed by atoms with van der Waals surface area (Å²) < 4.78 is 5.17. The Morgan fingerprint density at radius 1 is 1.45 bits per heavy atom. The summed E-state index contributed by atoms with van der Waals surface area (Å²) >= 11 is 0. The molecule has 1 aliphatic rings. The molecule has 5 nitrogen and oxygen atoms in total. The van der Waals surface area contributed by atoms with Crippen LogP contribution in [0.25, 0.3) is 11.3 Å². The van der Waals surface area contributed by atoms with Crippen LogP contribution < -0.4 is 24.0 Å². The molecule has 1 aliphatic carbocycles. The molecule has 0 unspecified atom stereocenters. The number of aromatic carboxylic acids is 1. The number of benzene rings is 1. The van der Waals surface area contributed by atoms with Crippen molar-refractivity contribution in [1.29, 1.82) is 5.26 Å². The van der Waals surface area contributed by atoms with Crippen LogP contribution in [0.4, 0.5) is 0 Å². The van der Waals surface area contributed by atoms with Gasteiger partial charge in [0.15, 0.2) is 5.76 Å². The quantitative estimate of drug-likeness (QED) is 0.624. The molecule has 3 rings (SSSR count). The molecule has 94 valence electrons. The van der Waals surface area contributed by atoms with Crippen LogP contribution in [-0.2, 0) is 0 Å². The average Bonchev–Trinajstić information content (AvgIpc) is 3.14. The van der Waals surface area contributed by atoms with E-state index >= 15 is 0 Å². The molecular weight excluding hydrogens is 251 g/mol. The SMILES string of the molecule is N#Cc1ccc(C2CC2)c(-c2cnc(C(=O)[O-])o2)c1.[Li+]. The van der Waals surface area contributed by atoms with Crippen molar-refractivity contribution >= 4 is 5.97 Å². The van der Waals surface area contributed by atoms with E-state index in [0.29, 0.717) is 17.2 Å². The van der Waals surface area contributed by atoms with E-state index in [4.69, 9.17) is 9.68 Å². The molecule has 1 heterocycles. The fraction of sp³-hybridized carbons (Fsp3) is 0.214. The van der Waals surface area contributed by atoms with Crippen molar-refractivity contribution in [2.45, 2.75) is 18.8 Å². The number of carbonyl (C=O) groups is 1. The molecule has 0 amide bonds. The van der Waals surface area contributed by atoms with E-state index in [1.807, 2.05) is 6.07 Å². The fourth-order valence-corrected chi connectivity index (χ4v) is 2.08. The predicted octanol–water partition coefficient (Wildman–Crippen LogP) is -1.54. The van der Waals surface area contributed by atoms with Gasteiger partial charge in [-0.15, -0.1) is 0 Å². The minimum absolute atomic E-state index is 0. The van der Waals surface area contributed by atoms with Gasteiger partial charge in [-0.25, -0.2) is 4.98 Å². The molecule has 0 bridgehead atoms. The van der Waals surface area contributed by atoms with E-state index in [-0.39, 0.29) is 18.9 Å². The summed E-state index contributed by atoms with van der Waals surface area (Å²) in [5.74, 6) is -1.08. The van der Waals surface area contributed by atoms with Crippen molar-refractivity contribution in [3.05, 3.63) is 41.4 Å². The summed E-state index contributed by atoms with van der Waals surface area (Å²) in [7, 11) is 0. The van der Waals surface area contributed by atoms with Crippen molar-refractivity contribution in [3.63, 3.8) is 0 Å². The summed E-state index contributed by atoms with van der Waals surface area (Å²) in [5.41, 5.74) is 2.31. The Hall–Kier alpha value is -2.01. The number of rotatable bonds is 3. The fourth-order valence-electron chi connectivity index (χ4n) is 2.08. The normalized spacial score (nSPS) is 13.3. The molecule has 0 radical (unpaired) electrons. The Labute approximate surface area is 127 Å². The molecule has 0 aliphatic heterocycles. The van der Waals surface area contributed by atoms with Crippen molar-refractivity contribution in [3.8, 4) is 17.4 Å². The van der Waals surface area contributed by atoms with Crippen LogP contribution in [0.3, 0.4) is 0 Å². The van der Waals surface area contributed by atoms with Gasteiger partial charge in [0.2, 0.25) is 5.89 Å². The van der Waals surface area contributed by atoms with E-state index in [1.165, 1.54) is 6.20 Å². The topological polar surface area (TPSA) is 90.0 Å². The largest absolute Gasteiger partial charge is 1.00 e. The first kappa shape index (κ1) is 14.4. The number of carboxylic acids is 1. The third-order valence-corrected chi connectivity index (χ3v) is 3.15. The maximum absolute atomic E-state index is 10.7. The van der Waals surface area contributed by atoms with Crippen molar-refractivity contribution < 1.29 is 33.2 Å². The number of nitrogens with zero attached hydrogens (tertiary/aromatic N) is 2. The maximum Gasteiger partial charge on any atom is 1.00 e. The Balaban J connectivity index is 0.00000147. The molecule has 1 aromatic heterocycles. The minimum Gasteiger partial charge on any atom is -0.540 e. The van der Waals surface area contributed by atoms with Gasteiger partial charge in [0.1, 0.15) is 5.97 Å². The molecule has 1 fully saturated rings. The van der Waals surface area contributed by atoms with Gasteiger partial charge in [-0.05, 0) is 36.5 Å². The van der Waals surface area contributed by atoms with Crippen LogP contribution in [-0.4, -0.2) is 11.0 Å². The smallest absolute Gasteiger partial charge is 0.540 e. The third kappa shape index (κ3) is 2.62. The van der Waals surface area contributed by atoms with E-state index < -0.39 is 11.9 Å². The second-order valence-electron chi connectivity index (χ2n) is 4.51. The van der Waals surface area contributed by atoms with Crippen LogP contribution in [0, 0.1) is 11.3 Å². The van der Waals surface area contributed by atoms with Gasteiger partial charge in [0.05, 0.1) is 17.8 Å². The van der Waals surface area contributed by atoms with Crippen molar-refractivity contribution in [1.82, 2.24) is 4.98 Å². The Morgan fingerprint density at radius 2 is 2.20 bits per heavy atom. The number of hydrogen-bond donors (Lipinski definition) is 0. The monoisotopic (exact) mass is 260 g/mol. The molecule has 0 atom stereocenters. The number of nitriles is 1. The summed E-state index contributed by atoms with van der Waals surface area (Å²) in [6.45, 7) is 0. The van der Waals surface area contributed by atoms with Crippen LogP contribution >= 0.6 is 0 Å². The summed E-state index contributed by atoms with van der Waals surface area (Å²) in [6.07, 6.45) is 3.55. The second-order valence-corrected chi connectivity index (χ2v) is 4.51. The zero-order valence-electron chi connectivity index (χ0n) is 10.9. The van der Waals surface area contributed by atoms with Crippen LogP contribution in [0.15, 0.2) is 28.8 Å². The number of hydrogen-bond acceptors (Lipinski definition) is 5. The number of carboxylic acid groups (broad SMARTS) is 1. The van der Waals surface area contributed by atoms with Crippen LogP contribution in [0.2, 0.25) is 0 Å². The van der Waals surface area contributed by atoms with Crippen molar-refractivity contribution in [2.24, 2.45) is 0 Å². The van der Waals surface area contributed by atoms with Crippen LogP contribution in [0.5, 0.6) is 0 Å². The van der Waals surface area contributed by atoms with E-state index in [0.717, 1.165) is 24.0 Å². The maximum atomic E-state index is 10.7. The molecule has 1 aromatic carbocycles. The van der Waals surface area contributed by atoms with E-state index in [9.17, 15) is 9.90 Å². The summed E-state index contributed by atoms with van der Waals surface area (Å²) in [5, 5.41) is 19.6. The molecule has 0 N–H and O–H groups in total. The molecule has 20 heavy (non-hydrogen) atoms. The Kier molecular flexibility index (Phi) is 3.99. The number of aromatic nitrogens is 1. The molecule has 0 saturated heterocycles. The van der Waals surface area contributed by atoms with E-state index in [2.05, 4.69) is 11.1 Å². The first-order valence-electron chi connectivity index (χ1n) is 5.90. The summed E-state index contributed by atoms with van der Waals surface area (Å²) in [4.78, 5) is 14.3. The van der Waals surface area contributed by atoms with Gasteiger partial charge in [-0.1, -0.05) is 6.07 Å². The number of carbonyl (C=O) groups excluding carboxylic acids is 1. The predicted molar refractivity (Wildman–Crippen MR) is 63.0 cm³/mol. The van der Waals surface area contributed by atoms with Gasteiger partial charge in [-0.3, -0.25) is 0 Å². The molecule has 2 aromatic rings. The average molecular weight is 260 g/mol. The van der Waals surface area contributed by atoms with Gasteiger partial charge in [0.25, 0.3) is 0 Å². The number of oxazole rings is 1. The molecular formula is C14H9LiN2O3. The van der Waals surface area contributed by atoms with Gasteiger partial charge in [-0.2, -0.15) is 5.26 Å². The third-order valence-electron chi connectivity index (χ3n) is 3.15. The molecule has 1 saturated carbocycles. The van der Waals surface area contributed by atoms with Crippen molar-refractivity contribution in [2.75, 3.05) is 0 Å². The molecule has 6 heteroatoms. The van der Waals surface area contributed by atoms with E-state index in [1.54, 1.807) is 12.1 Å². The Bertz CT molecular complexity index is 699. The zero-order valence-corrected chi connectivity index (χ0v) is 10.9. The van der Waals surface area contributed by atoms with Gasteiger partial charge < -0.3 is 14.3 Å². The summed E-state index contributed by atoms with van der Waals surface area (Å²) in [6, 6.07) is 7.42. The standard InChI is InChI=1S/C14H10N2O3.Li/c15-6-8-1-4-10(9-2-3-9)11(5-8)12-7-16-13(19-12)14(17)18;/h1,4-5,7,9H,2-3H2,(H,17,18);/q;+1/p-1. The minimum atomic E-state index is -1.45. The second kappa shape index (κ2) is 5.54. The van der Waals surface area contributed by atoms with Gasteiger partial charge >= 0.3 is 18.9 Å². The van der Waals surface area contributed by atoms with Crippen LogP contribution in [0.1, 0.15) is 40.6 Å². The Morgan fingerprint density at radius 3 is 2.75 bits per heavy atom. The zero-order chi connectivity index (χ0) is 13.4. The first-order valence-corrected chi connectivity index (χ1v) is 5.90.